The molecule has 0 saturated carbocycles. The van der Waals surface area contributed by atoms with Gasteiger partial charge in [0.25, 0.3) is 5.91 Å². The second-order valence-corrected chi connectivity index (χ2v) is 6.79. The van der Waals surface area contributed by atoms with Crippen molar-refractivity contribution in [2.75, 3.05) is 36.5 Å². The average molecular weight is 443 g/mol. The quantitative estimate of drug-likeness (QED) is 0.730. The number of rotatable bonds is 3. The molecule has 1 saturated heterocycles. The molecule has 1 heterocycles. The van der Waals surface area contributed by atoms with E-state index in [1.54, 1.807) is 6.07 Å². The van der Waals surface area contributed by atoms with Crippen molar-refractivity contribution in [3.8, 4) is 0 Å². The number of halogens is 2. The van der Waals surface area contributed by atoms with Gasteiger partial charge >= 0.3 is 0 Å². The highest BCUT2D eigenvalue weighted by Crippen LogP contribution is 2.30. The molecule has 1 fully saturated rings. The summed E-state index contributed by atoms with van der Waals surface area (Å²) in [6.07, 6.45) is 0. The maximum atomic E-state index is 12.6. The molecule has 0 atom stereocenters. The van der Waals surface area contributed by atoms with Crippen LogP contribution in [-0.4, -0.2) is 32.2 Å². The van der Waals surface area contributed by atoms with Crippen molar-refractivity contribution in [1.82, 2.24) is 0 Å². The molecule has 2 aromatic rings. The van der Waals surface area contributed by atoms with Crippen molar-refractivity contribution in [1.29, 1.82) is 0 Å². The number of nitrogens with zero attached hydrogens (tertiary/aromatic N) is 1. The first-order valence-corrected chi connectivity index (χ1v) is 8.79. The maximum absolute atomic E-state index is 12.6. The molecule has 1 amide bonds. The molecule has 1 aliphatic rings. The fourth-order valence-electron chi connectivity index (χ4n) is 2.52. The standard InChI is InChI=1S/C17H16ClIN2O2/c18-12-5-6-16(21-7-9-23-10-8-21)15(11-12)20-17(22)13-3-1-2-4-14(13)19/h1-6,11H,7-10H2,(H,20,22). The highest BCUT2D eigenvalue weighted by molar-refractivity contribution is 14.1. The molecular formula is C17H16ClIN2O2. The largest absolute Gasteiger partial charge is 0.378 e. The highest BCUT2D eigenvalue weighted by Gasteiger charge is 2.17. The van der Waals surface area contributed by atoms with Crippen molar-refractivity contribution in [2.24, 2.45) is 0 Å². The van der Waals surface area contributed by atoms with E-state index in [2.05, 4.69) is 32.8 Å². The van der Waals surface area contributed by atoms with Crippen LogP contribution in [0.15, 0.2) is 42.5 Å². The van der Waals surface area contributed by atoms with Gasteiger partial charge in [0.15, 0.2) is 0 Å². The van der Waals surface area contributed by atoms with Crippen LogP contribution in [0.5, 0.6) is 0 Å². The summed E-state index contributed by atoms with van der Waals surface area (Å²) in [6, 6.07) is 13.1. The van der Waals surface area contributed by atoms with Crippen LogP contribution in [0, 0.1) is 3.57 Å². The summed E-state index contributed by atoms with van der Waals surface area (Å²) in [4.78, 5) is 14.8. The van der Waals surface area contributed by atoms with Gasteiger partial charge in [-0.15, -0.1) is 0 Å². The van der Waals surface area contributed by atoms with E-state index in [0.717, 1.165) is 28.0 Å². The lowest BCUT2D eigenvalue weighted by molar-refractivity contribution is 0.102. The summed E-state index contributed by atoms with van der Waals surface area (Å²) in [7, 11) is 0. The summed E-state index contributed by atoms with van der Waals surface area (Å²) >= 11 is 8.28. The van der Waals surface area contributed by atoms with E-state index in [4.69, 9.17) is 16.3 Å². The smallest absolute Gasteiger partial charge is 0.256 e. The van der Waals surface area contributed by atoms with Gasteiger partial charge in [-0.3, -0.25) is 4.79 Å². The number of carbonyl (C=O) groups excluding carboxylic acids is 1. The maximum Gasteiger partial charge on any atom is 0.256 e. The lowest BCUT2D eigenvalue weighted by atomic mass is 10.2. The molecule has 1 aliphatic heterocycles. The second kappa shape index (κ2) is 7.51. The summed E-state index contributed by atoms with van der Waals surface area (Å²) in [6.45, 7) is 2.97. The molecule has 0 spiro atoms. The molecule has 0 bridgehead atoms. The number of anilines is 2. The highest BCUT2D eigenvalue weighted by atomic mass is 127. The minimum Gasteiger partial charge on any atom is -0.378 e. The molecule has 0 aromatic heterocycles. The van der Waals surface area contributed by atoms with Gasteiger partial charge in [-0.1, -0.05) is 23.7 Å². The zero-order valence-electron chi connectivity index (χ0n) is 12.4. The molecule has 23 heavy (non-hydrogen) atoms. The Morgan fingerprint density at radius 2 is 1.91 bits per heavy atom. The summed E-state index contributed by atoms with van der Waals surface area (Å²) < 4.78 is 6.31. The van der Waals surface area contributed by atoms with Crippen LogP contribution in [0.25, 0.3) is 0 Å². The summed E-state index contributed by atoms with van der Waals surface area (Å²) in [5.41, 5.74) is 2.35. The Balaban J connectivity index is 1.88. The van der Waals surface area contributed by atoms with Crippen molar-refractivity contribution >= 4 is 51.5 Å². The van der Waals surface area contributed by atoms with E-state index in [1.807, 2.05) is 36.4 Å². The topological polar surface area (TPSA) is 41.6 Å². The zero-order valence-corrected chi connectivity index (χ0v) is 15.3. The molecule has 0 radical (unpaired) electrons. The molecule has 1 N–H and O–H groups in total. The molecule has 6 heteroatoms. The van der Waals surface area contributed by atoms with Gasteiger partial charge in [-0.05, 0) is 52.9 Å². The van der Waals surface area contributed by atoms with Gasteiger partial charge in [0, 0.05) is 21.7 Å². The Hall–Kier alpha value is -1.31. The first-order valence-electron chi connectivity index (χ1n) is 7.33. The Morgan fingerprint density at radius 1 is 1.17 bits per heavy atom. The van der Waals surface area contributed by atoms with Crippen molar-refractivity contribution in [3.63, 3.8) is 0 Å². The lowest BCUT2D eigenvalue weighted by Crippen LogP contribution is -2.36. The minimum absolute atomic E-state index is 0.133. The average Bonchev–Trinajstić information content (AvgIpc) is 2.56. The number of morpholine rings is 1. The molecule has 120 valence electrons. The van der Waals surface area contributed by atoms with Crippen molar-refractivity contribution in [2.45, 2.75) is 0 Å². The van der Waals surface area contributed by atoms with Crippen LogP contribution in [0.2, 0.25) is 5.02 Å². The number of nitrogens with one attached hydrogen (secondary N) is 1. The van der Waals surface area contributed by atoms with Gasteiger partial charge in [0.2, 0.25) is 0 Å². The Kier molecular flexibility index (Phi) is 5.40. The Bertz CT molecular complexity index is 717. The molecule has 2 aromatic carbocycles. The third kappa shape index (κ3) is 3.97. The van der Waals surface area contributed by atoms with E-state index < -0.39 is 0 Å². The van der Waals surface area contributed by atoms with Crippen LogP contribution < -0.4 is 10.2 Å². The van der Waals surface area contributed by atoms with Gasteiger partial charge in [-0.2, -0.15) is 0 Å². The summed E-state index contributed by atoms with van der Waals surface area (Å²) in [5, 5.41) is 3.59. The van der Waals surface area contributed by atoms with E-state index in [1.165, 1.54) is 0 Å². The Labute approximate surface area is 153 Å². The van der Waals surface area contributed by atoms with E-state index in [9.17, 15) is 4.79 Å². The molecule has 4 nitrogen and oxygen atoms in total. The minimum atomic E-state index is -0.133. The lowest BCUT2D eigenvalue weighted by Gasteiger charge is -2.30. The SMILES string of the molecule is O=C(Nc1cc(Cl)ccc1N1CCOCC1)c1ccccc1I. The third-order valence-electron chi connectivity index (χ3n) is 3.68. The van der Waals surface area contributed by atoms with E-state index in [0.29, 0.717) is 23.8 Å². The fraction of sp³-hybridized carbons (Fsp3) is 0.235. The predicted molar refractivity (Wildman–Crippen MR) is 102 cm³/mol. The van der Waals surface area contributed by atoms with Gasteiger partial charge in [0.05, 0.1) is 30.2 Å². The monoisotopic (exact) mass is 442 g/mol. The normalized spacial score (nSPS) is 14.6. The molecule has 0 aliphatic carbocycles. The molecule has 3 rings (SSSR count). The van der Waals surface area contributed by atoms with E-state index >= 15 is 0 Å². The number of amides is 1. The first-order chi connectivity index (χ1) is 11.1. The van der Waals surface area contributed by atoms with E-state index in [-0.39, 0.29) is 5.91 Å². The van der Waals surface area contributed by atoms with Crippen molar-refractivity contribution < 1.29 is 9.53 Å². The van der Waals surface area contributed by atoms with Crippen LogP contribution in [0.3, 0.4) is 0 Å². The number of hydrogen-bond donors (Lipinski definition) is 1. The molecular weight excluding hydrogens is 427 g/mol. The Morgan fingerprint density at radius 3 is 2.65 bits per heavy atom. The number of carbonyl (C=O) groups is 1. The number of benzene rings is 2. The number of hydrogen-bond acceptors (Lipinski definition) is 3. The third-order valence-corrected chi connectivity index (χ3v) is 4.85. The fourth-order valence-corrected chi connectivity index (χ4v) is 3.33. The van der Waals surface area contributed by atoms with Gasteiger partial charge in [0.1, 0.15) is 0 Å². The predicted octanol–water partition coefficient (Wildman–Crippen LogP) is 4.03. The van der Waals surface area contributed by atoms with Crippen LogP contribution in [0.1, 0.15) is 10.4 Å². The number of ether oxygens (including phenoxy) is 1. The van der Waals surface area contributed by atoms with Crippen LogP contribution in [-0.2, 0) is 4.74 Å². The van der Waals surface area contributed by atoms with Gasteiger partial charge < -0.3 is 15.0 Å². The summed E-state index contributed by atoms with van der Waals surface area (Å²) in [5.74, 6) is -0.133. The van der Waals surface area contributed by atoms with Crippen LogP contribution >= 0.6 is 34.2 Å². The molecule has 0 unspecified atom stereocenters. The first kappa shape index (κ1) is 16.5. The van der Waals surface area contributed by atoms with Gasteiger partial charge in [-0.25, -0.2) is 0 Å². The van der Waals surface area contributed by atoms with Crippen molar-refractivity contribution in [3.05, 3.63) is 56.6 Å². The zero-order chi connectivity index (χ0) is 16.2. The second-order valence-electron chi connectivity index (χ2n) is 5.19. The van der Waals surface area contributed by atoms with Crippen LogP contribution in [0.4, 0.5) is 11.4 Å².